The van der Waals surface area contributed by atoms with Crippen molar-refractivity contribution in [1.29, 1.82) is 0 Å². The van der Waals surface area contributed by atoms with Crippen LogP contribution in [0.2, 0.25) is 10.0 Å². The molecule has 1 aromatic carbocycles. The lowest BCUT2D eigenvalue weighted by Crippen LogP contribution is -2.39. The zero-order chi connectivity index (χ0) is 14.0. The quantitative estimate of drug-likeness (QED) is 0.931. The molecule has 2 N–H and O–H groups in total. The van der Waals surface area contributed by atoms with Crippen LogP contribution in [-0.2, 0) is 4.79 Å². The number of benzene rings is 1. The molecule has 5 heteroatoms. The maximum Gasteiger partial charge on any atom is 0.220 e. The molecule has 0 unspecified atom stereocenters. The number of carbonyl (C=O) groups excluding carboxylic acids is 1. The van der Waals surface area contributed by atoms with Crippen LogP contribution in [0.15, 0.2) is 18.2 Å². The molecule has 1 saturated heterocycles. The molecule has 2 rings (SSSR count). The van der Waals surface area contributed by atoms with E-state index in [0.29, 0.717) is 10.0 Å². The van der Waals surface area contributed by atoms with E-state index >= 15 is 0 Å². The Balaban J connectivity index is 2.02. The summed E-state index contributed by atoms with van der Waals surface area (Å²) in [4.78, 5) is 13.5. The summed E-state index contributed by atoms with van der Waals surface area (Å²) in [7, 11) is 0. The number of hydrogen-bond acceptors (Lipinski definition) is 2. The molecule has 1 aliphatic rings. The lowest BCUT2D eigenvalue weighted by atomic mass is 9.94. The van der Waals surface area contributed by atoms with E-state index in [2.05, 4.69) is 11.8 Å². The molecule has 1 atom stereocenters. The summed E-state index contributed by atoms with van der Waals surface area (Å²) >= 11 is 12.0. The van der Waals surface area contributed by atoms with Gasteiger partial charge in [0, 0.05) is 12.0 Å². The average molecular weight is 301 g/mol. The highest BCUT2D eigenvalue weighted by Gasteiger charge is 2.26. The molecule has 0 aliphatic carbocycles. The second-order valence-electron chi connectivity index (χ2n) is 5.06. The van der Waals surface area contributed by atoms with Gasteiger partial charge < -0.3 is 5.73 Å². The first-order valence-electron chi connectivity index (χ1n) is 6.47. The maximum atomic E-state index is 11.2. The minimum absolute atomic E-state index is 0.0252. The largest absolute Gasteiger partial charge is 0.369 e. The Morgan fingerprint density at radius 3 is 2.47 bits per heavy atom. The van der Waals surface area contributed by atoms with E-state index in [1.54, 1.807) is 0 Å². The Hall–Kier alpha value is -0.770. The maximum absolute atomic E-state index is 11.2. The van der Waals surface area contributed by atoms with Crippen LogP contribution < -0.4 is 5.73 Å². The summed E-state index contributed by atoms with van der Waals surface area (Å²) in [6.07, 6.45) is 1.67. The zero-order valence-corrected chi connectivity index (χ0v) is 12.4. The molecule has 1 aromatic rings. The fraction of sp³-hybridized carbons (Fsp3) is 0.500. The predicted molar refractivity (Wildman–Crippen MR) is 78.4 cm³/mol. The van der Waals surface area contributed by atoms with E-state index < -0.39 is 0 Å². The first-order valence-corrected chi connectivity index (χ1v) is 7.23. The highest BCUT2D eigenvalue weighted by molar-refractivity contribution is 6.42. The van der Waals surface area contributed by atoms with Crippen LogP contribution in [0, 0.1) is 5.92 Å². The predicted octanol–water partition coefficient (Wildman–Crippen LogP) is 3.25. The van der Waals surface area contributed by atoms with Crippen molar-refractivity contribution in [3.8, 4) is 0 Å². The van der Waals surface area contributed by atoms with Gasteiger partial charge in [0.1, 0.15) is 0 Å². The number of likely N-dealkylation sites (tertiary alicyclic amines) is 1. The molecule has 1 amide bonds. The summed E-state index contributed by atoms with van der Waals surface area (Å²) < 4.78 is 0. The van der Waals surface area contributed by atoms with Gasteiger partial charge in [-0.1, -0.05) is 29.3 Å². The molecule has 3 nitrogen and oxygen atoms in total. The highest BCUT2D eigenvalue weighted by atomic mass is 35.5. The number of piperidine rings is 1. The van der Waals surface area contributed by atoms with Crippen molar-refractivity contribution < 1.29 is 4.79 Å². The number of hydrogen-bond donors (Lipinski definition) is 1. The summed E-state index contributed by atoms with van der Waals surface area (Å²) in [5.74, 6) is -0.154. The number of primary amides is 1. The van der Waals surface area contributed by atoms with E-state index in [1.807, 2.05) is 18.2 Å². The molecule has 1 fully saturated rings. The smallest absolute Gasteiger partial charge is 0.220 e. The molecular formula is C14H18Cl2N2O. The molecule has 0 bridgehead atoms. The monoisotopic (exact) mass is 300 g/mol. The zero-order valence-electron chi connectivity index (χ0n) is 10.9. The van der Waals surface area contributed by atoms with Gasteiger partial charge in [-0.3, -0.25) is 9.69 Å². The standard InChI is InChI=1S/C14H18Cl2N2O/c1-9(11-2-3-12(15)13(16)8-11)18-6-4-10(5-7-18)14(17)19/h2-3,8-10H,4-7H2,1H3,(H2,17,19)/t9-/m0/s1. The SMILES string of the molecule is C[C@@H](c1ccc(Cl)c(Cl)c1)N1CCC(C(N)=O)CC1. The van der Waals surface area contributed by atoms with Crippen LogP contribution in [-0.4, -0.2) is 23.9 Å². The molecule has 1 aliphatic heterocycles. The molecule has 104 valence electrons. The normalized spacial score (nSPS) is 19.3. The topological polar surface area (TPSA) is 46.3 Å². The van der Waals surface area contributed by atoms with Crippen LogP contribution in [0.25, 0.3) is 0 Å². The van der Waals surface area contributed by atoms with Crippen LogP contribution in [0.4, 0.5) is 0 Å². The summed E-state index contributed by atoms with van der Waals surface area (Å²) in [5, 5.41) is 1.16. The third-order valence-corrected chi connectivity index (χ3v) is 4.64. The van der Waals surface area contributed by atoms with Gasteiger partial charge in [-0.2, -0.15) is 0 Å². The number of halogens is 2. The van der Waals surface area contributed by atoms with Crippen molar-refractivity contribution in [2.75, 3.05) is 13.1 Å². The van der Waals surface area contributed by atoms with Gasteiger partial charge in [0.15, 0.2) is 0 Å². The molecule has 0 radical (unpaired) electrons. The number of nitrogens with zero attached hydrogens (tertiary/aromatic N) is 1. The summed E-state index contributed by atoms with van der Waals surface area (Å²) in [6, 6.07) is 6.00. The third-order valence-electron chi connectivity index (χ3n) is 3.91. The lowest BCUT2D eigenvalue weighted by Gasteiger charge is -2.35. The van der Waals surface area contributed by atoms with Crippen LogP contribution in [0.5, 0.6) is 0 Å². The van der Waals surface area contributed by atoms with E-state index in [0.717, 1.165) is 31.5 Å². The van der Waals surface area contributed by atoms with Crippen molar-refractivity contribution in [1.82, 2.24) is 4.90 Å². The van der Waals surface area contributed by atoms with Crippen molar-refractivity contribution in [3.05, 3.63) is 33.8 Å². The summed E-state index contributed by atoms with van der Waals surface area (Å²) in [6.45, 7) is 3.91. The van der Waals surface area contributed by atoms with Gasteiger partial charge in [-0.05, 0) is 50.6 Å². The first-order chi connectivity index (χ1) is 8.99. The molecule has 19 heavy (non-hydrogen) atoms. The fourth-order valence-electron chi connectivity index (χ4n) is 2.55. The van der Waals surface area contributed by atoms with Gasteiger partial charge in [0.25, 0.3) is 0 Å². The van der Waals surface area contributed by atoms with Crippen molar-refractivity contribution in [3.63, 3.8) is 0 Å². The van der Waals surface area contributed by atoms with E-state index in [-0.39, 0.29) is 17.9 Å². The summed E-state index contributed by atoms with van der Waals surface area (Å²) in [5.41, 5.74) is 6.49. The molecule has 0 aromatic heterocycles. The first kappa shape index (κ1) is 14.6. The molecule has 0 saturated carbocycles. The van der Waals surface area contributed by atoms with Crippen molar-refractivity contribution >= 4 is 29.1 Å². The lowest BCUT2D eigenvalue weighted by molar-refractivity contribution is -0.123. The second-order valence-corrected chi connectivity index (χ2v) is 5.88. The number of amides is 1. The van der Waals surface area contributed by atoms with Crippen molar-refractivity contribution in [2.24, 2.45) is 11.7 Å². The molecule has 1 heterocycles. The minimum atomic E-state index is -0.179. The van der Waals surface area contributed by atoms with Gasteiger partial charge in [-0.15, -0.1) is 0 Å². The number of rotatable bonds is 3. The second kappa shape index (κ2) is 6.12. The fourth-order valence-corrected chi connectivity index (χ4v) is 2.86. The number of carbonyl (C=O) groups is 1. The third kappa shape index (κ3) is 3.41. The average Bonchev–Trinajstić information content (AvgIpc) is 2.41. The van der Waals surface area contributed by atoms with Crippen LogP contribution in [0.3, 0.4) is 0 Å². The Labute approximate surface area is 123 Å². The van der Waals surface area contributed by atoms with E-state index in [4.69, 9.17) is 28.9 Å². The Morgan fingerprint density at radius 2 is 1.95 bits per heavy atom. The van der Waals surface area contributed by atoms with E-state index in [9.17, 15) is 4.79 Å². The van der Waals surface area contributed by atoms with Gasteiger partial charge >= 0.3 is 0 Å². The highest BCUT2D eigenvalue weighted by Crippen LogP contribution is 2.30. The Kier molecular flexibility index (Phi) is 4.71. The minimum Gasteiger partial charge on any atom is -0.369 e. The van der Waals surface area contributed by atoms with Gasteiger partial charge in [0.2, 0.25) is 5.91 Å². The molecule has 0 spiro atoms. The van der Waals surface area contributed by atoms with Crippen LogP contribution >= 0.6 is 23.2 Å². The Morgan fingerprint density at radius 1 is 1.32 bits per heavy atom. The van der Waals surface area contributed by atoms with Crippen molar-refractivity contribution in [2.45, 2.75) is 25.8 Å². The Bertz CT molecular complexity index is 471. The van der Waals surface area contributed by atoms with Gasteiger partial charge in [-0.25, -0.2) is 0 Å². The van der Waals surface area contributed by atoms with Crippen LogP contribution in [0.1, 0.15) is 31.4 Å². The van der Waals surface area contributed by atoms with E-state index in [1.165, 1.54) is 0 Å². The van der Waals surface area contributed by atoms with Gasteiger partial charge in [0.05, 0.1) is 10.0 Å². The molecular weight excluding hydrogens is 283 g/mol. The number of nitrogens with two attached hydrogens (primary N) is 1.